The van der Waals surface area contributed by atoms with Gasteiger partial charge in [-0.15, -0.1) is 0 Å². The van der Waals surface area contributed by atoms with Gasteiger partial charge in [0.05, 0.1) is 0 Å². The molecule has 1 aliphatic rings. The van der Waals surface area contributed by atoms with E-state index in [0.717, 1.165) is 19.5 Å². The van der Waals surface area contributed by atoms with E-state index in [9.17, 15) is 9.59 Å². The van der Waals surface area contributed by atoms with Crippen molar-refractivity contribution in [2.45, 2.75) is 20.3 Å². The minimum Gasteiger partial charge on any atom is -0.339 e. The zero-order valence-electron chi connectivity index (χ0n) is 13.4. The van der Waals surface area contributed by atoms with E-state index in [2.05, 4.69) is 0 Å². The lowest BCUT2D eigenvalue weighted by Crippen LogP contribution is -2.31. The zero-order chi connectivity index (χ0) is 16.1. The molecule has 1 fully saturated rings. The van der Waals surface area contributed by atoms with Crippen molar-refractivity contribution in [3.05, 3.63) is 35.4 Å². The molecular formula is C17H25N3O2. The molecule has 0 saturated carbocycles. The van der Waals surface area contributed by atoms with Crippen molar-refractivity contribution in [1.82, 2.24) is 9.80 Å². The predicted octanol–water partition coefficient (Wildman–Crippen LogP) is 1.59. The quantitative estimate of drug-likeness (QED) is 0.898. The molecule has 1 aromatic carbocycles. The molecule has 2 rings (SSSR count). The SMILES string of the molecule is CCN(CC)C(=O)c1ccc(C(=O)N2CCC(CN)C2)cc1. The monoisotopic (exact) mass is 303 g/mol. The highest BCUT2D eigenvalue weighted by Gasteiger charge is 2.26. The van der Waals surface area contributed by atoms with Crippen molar-refractivity contribution in [1.29, 1.82) is 0 Å². The van der Waals surface area contributed by atoms with Gasteiger partial charge in [0, 0.05) is 37.3 Å². The largest absolute Gasteiger partial charge is 0.339 e. The van der Waals surface area contributed by atoms with Crippen LogP contribution in [0.15, 0.2) is 24.3 Å². The predicted molar refractivity (Wildman–Crippen MR) is 86.8 cm³/mol. The number of amides is 2. The summed E-state index contributed by atoms with van der Waals surface area (Å²) < 4.78 is 0. The fourth-order valence-corrected chi connectivity index (χ4v) is 2.84. The highest BCUT2D eigenvalue weighted by molar-refractivity contribution is 5.97. The minimum atomic E-state index is 0.00775. The van der Waals surface area contributed by atoms with Crippen LogP contribution < -0.4 is 5.73 Å². The summed E-state index contributed by atoms with van der Waals surface area (Å²) in [4.78, 5) is 28.3. The molecule has 1 aliphatic heterocycles. The Balaban J connectivity index is 2.05. The van der Waals surface area contributed by atoms with Gasteiger partial charge >= 0.3 is 0 Å². The third-order valence-corrected chi connectivity index (χ3v) is 4.34. The summed E-state index contributed by atoms with van der Waals surface area (Å²) in [6, 6.07) is 6.97. The Morgan fingerprint density at radius 1 is 1.18 bits per heavy atom. The molecule has 5 nitrogen and oxygen atoms in total. The Bertz CT molecular complexity index is 523. The Kier molecular flexibility index (Phi) is 5.55. The molecule has 0 spiro atoms. The smallest absolute Gasteiger partial charge is 0.253 e. The third-order valence-electron chi connectivity index (χ3n) is 4.34. The van der Waals surface area contributed by atoms with Crippen LogP contribution in [-0.4, -0.2) is 54.3 Å². The van der Waals surface area contributed by atoms with E-state index in [1.165, 1.54) is 0 Å². The first-order valence-corrected chi connectivity index (χ1v) is 7.99. The molecule has 2 amide bonds. The van der Waals surface area contributed by atoms with Crippen LogP contribution in [0.3, 0.4) is 0 Å². The van der Waals surface area contributed by atoms with Gasteiger partial charge in [-0.1, -0.05) is 0 Å². The number of nitrogens with zero attached hydrogens (tertiary/aromatic N) is 2. The average molecular weight is 303 g/mol. The molecule has 1 heterocycles. The summed E-state index contributed by atoms with van der Waals surface area (Å²) in [7, 11) is 0. The van der Waals surface area contributed by atoms with E-state index in [4.69, 9.17) is 5.73 Å². The van der Waals surface area contributed by atoms with Gasteiger partial charge in [0.1, 0.15) is 0 Å². The molecule has 1 saturated heterocycles. The van der Waals surface area contributed by atoms with Crippen LogP contribution in [0.1, 0.15) is 41.0 Å². The second-order valence-corrected chi connectivity index (χ2v) is 5.70. The molecule has 0 radical (unpaired) electrons. The Morgan fingerprint density at radius 3 is 2.27 bits per heavy atom. The second kappa shape index (κ2) is 7.40. The molecule has 2 N–H and O–H groups in total. The molecule has 1 atom stereocenters. The van der Waals surface area contributed by atoms with Crippen LogP contribution in [0.2, 0.25) is 0 Å². The Morgan fingerprint density at radius 2 is 1.77 bits per heavy atom. The first kappa shape index (κ1) is 16.5. The number of hydrogen-bond donors (Lipinski definition) is 1. The number of nitrogens with two attached hydrogens (primary N) is 1. The molecule has 5 heteroatoms. The van der Waals surface area contributed by atoms with Crippen LogP contribution in [0.4, 0.5) is 0 Å². The summed E-state index contributed by atoms with van der Waals surface area (Å²) in [5.41, 5.74) is 6.92. The van der Waals surface area contributed by atoms with E-state index in [0.29, 0.717) is 36.7 Å². The van der Waals surface area contributed by atoms with Gasteiger partial charge in [-0.25, -0.2) is 0 Å². The minimum absolute atomic E-state index is 0.00775. The molecular weight excluding hydrogens is 278 g/mol. The van der Waals surface area contributed by atoms with Gasteiger partial charge in [0.25, 0.3) is 11.8 Å². The lowest BCUT2D eigenvalue weighted by atomic mass is 10.1. The lowest BCUT2D eigenvalue weighted by molar-refractivity contribution is 0.0766. The van der Waals surface area contributed by atoms with Crippen molar-refractivity contribution in [3.8, 4) is 0 Å². The van der Waals surface area contributed by atoms with Gasteiger partial charge in [-0.05, 0) is 57.0 Å². The van der Waals surface area contributed by atoms with Crippen LogP contribution >= 0.6 is 0 Å². The zero-order valence-corrected chi connectivity index (χ0v) is 13.4. The van der Waals surface area contributed by atoms with Gasteiger partial charge in [-0.3, -0.25) is 9.59 Å². The fourth-order valence-electron chi connectivity index (χ4n) is 2.84. The molecule has 1 unspecified atom stereocenters. The number of carbonyl (C=O) groups is 2. The maximum atomic E-state index is 12.4. The van der Waals surface area contributed by atoms with Gasteiger partial charge in [-0.2, -0.15) is 0 Å². The summed E-state index contributed by atoms with van der Waals surface area (Å²) in [5, 5.41) is 0. The topological polar surface area (TPSA) is 66.6 Å². The number of likely N-dealkylation sites (tertiary alicyclic amines) is 1. The van der Waals surface area contributed by atoms with E-state index >= 15 is 0 Å². The standard InChI is InChI=1S/C17H25N3O2/c1-3-19(4-2)16(21)14-5-7-15(8-6-14)17(22)20-10-9-13(11-18)12-20/h5-8,13H,3-4,9-12,18H2,1-2H3. The van der Waals surface area contributed by atoms with Crippen molar-refractivity contribution in [3.63, 3.8) is 0 Å². The van der Waals surface area contributed by atoms with Crippen molar-refractivity contribution >= 4 is 11.8 Å². The number of rotatable bonds is 5. The first-order valence-electron chi connectivity index (χ1n) is 7.99. The highest BCUT2D eigenvalue weighted by Crippen LogP contribution is 2.18. The van der Waals surface area contributed by atoms with Crippen molar-refractivity contribution in [2.75, 3.05) is 32.7 Å². The normalized spacial score (nSPS) is 17.6. The molecule has 0 bridgehead atoms. The van der Waals surface area contributed by atoms with Crippen LogP contribution in [0.25, 0.3) is 0 Å². The third kappa shape index (κ3) is 3.47. The first-order chi connectivity index (χ1) is 10.6. The molecule has 22 heavy (non-hydrogen) atoms. The van der Waals surface area contributed by atoms with E-state index < -0.39 is 0 Å². The van der Waals surface area contributed by atoms with E-state index in [-0.39, 0.29) is 11.8 Å². The maximum Gasteiger partial charge on any atom is 0.253 e. The second-order valence-electron chi connectivity index (χ2n) is 5.70. The van der Waals surface area contributed by atoms with Gasteiger partial charge in [0.2, 0.25) is 0 Å². The molecule has 0 aliphatic carbocycles. The number of benzene rings is 1. The Hall–Kier alpha value is -1.88. The van der Waals surface area contributed by atoms with Gasteiger partial charge in [0.15, 0.2) is 0 Å². The van der Waals surface area contributed by atoms with E-state index in [1.54, 1.807) is 29.2 Å². The average Bonchev–Trinajstić information content (AvgIpc) is 3.04. The van der Waals surface area contributed by atoms with Crippen LogP contribution in [-0.2, 0) is 0 Å². The summed E-state index contributed by atoms with van der Waals surface area (Å²) >= 11 is 0. The lowest BCUT2D eigenvalue weighted by Gasteiger charge is -2.19. The summed E-state index contributed by atoms with van der Waals surface area (Å²) in [5.74, 6) is 0.443. The summed E-state index contributed by atoms with van der Waals surface area (Å²) in [6.45, 7) is 7.41. The van der Waals surface area contributed by atoms with Gasteiger partial charge < -0.3 is 15.5 Å². The van der Waals surface area contributed by atoms with E-state index in [1.807, 2.05) is 18.7 Å². The van der Waals surface area contributed by atoms with Crippen molar-refractivity contribution < 1.29 is 9.59 Å². The van der Waals surface area contributed by atoms with Crippen LogP contribution in [0.5, 0.6) is 0 Å². The molecule has 0 aromatic heterocycles. The maximum absolute atomic E-state index is 12.4. The number of hydrogen-bond acceptors (Lipinski definition) is 3. The van der Waals surface area contributed by atoms with Crippen LogP contribution in [0, 0.1) is 5.92 Å². The Labute approximate surface area is 132 Å². The van der Waals surface area contributed by atoms with Crippen molar-refractivity contribution in [2.24, 2.45) is 11.7 Å². The number of carbonyl (C=O) groups excluding carboxylic acids is 2. The summed E-state index contributed by atoms with van der Waals surface area (Å²) in [6.07, 6.45) is 0.973. The molecule has 1 aromatic rings. The highest BCUT2D eigenvalue weighted by atomic mass is 16.2. The molecule has 120 valence electrons. The fraction of sp³-hybridized carbons (Fsp3) is 0.529.